The summed E-state index contributed by atoms with van der Waals surface area (Å²) in [7, 11) is 0. The minimum atomic E-state index is -1.16. The molecule has 102 valence electrons. The van der Waals surface area contributed by atoms with Crippen molar-refractivity contribution in [3.8, 4) is 11.3 Å². The zero-order valence-electron chi connectivity index (χ0n) is 10.9. The van der Waals surface area contributed by atoms with E-state index >= 15 is 0 Å². The minimum Gasteiger partial charge on any atom is -0.549 e. The Morgan fingerprint density at radius 3 is 2.76 bits per heavy atom. The fourth-order valence-electron chi connectivity index (χ4n) is 3.06. The summed E-state index contributed by atoms with van der Waals surface area (Å²) in [4.78, 5) is 23.9. The molecule has 0 amide bonds. The highest BCUT2D eigenvalue weighted by Gasteiger charge is 2.35. The number of carboxylic acid groups (broad SMARTS) is 1. The molecule has 0 saturated heterocycles. The molecule has 0 aliphatic heterocycles. The van der Waals surface area contributed by atoms with Crippen LogP contribution in [0.3, 0.4) is 0 Å². The second kappa shape index (κ2) is 4.09. The van der Waals surface area contributed by atoms with Gasteiger partial charge in [-0.25, -0.2) is 0 Å². The summed E-state index contributed by atoms with van der Waals surface area (Å²) >= 11 is 0. The van der Waals surface area contributed by atoms with E-state index in [0.29, 0.717) is 33.5 Å². The predicted octanol–water partition coefficient (Wildman–Crippen LogP) is 0.961. The largest absolute Gasteiger partial charge is 0.549 e. The molecule has 1 aromatic carbocycles. The van der Waals surface area contributed by atoms with Crippen molar-refractivity contribution in [3.63, 3.8) is 0 Å². The van der Waals surface area contributed by atoms with Crippen LogP contribution >= 0.6 is 0 Å². The van der Waals surface area contributed by atoms with Crippen molar-refractivity contribution in [1.29, 1.82) is 0 Å². The molecule has 0 radical (unpaired) electrons. The lowest BCUT2D eigenvalue weighted by atomic mass is 9.75. The van der Waals surface area contributed by atoms with Crippen molar-refractivity contribution in [2.75, 3.05) is 0 Å². The van der Waals surface area contributed by atoms with Crippen molar-refractivity contribution < 1.29 is 14.7 Å². The number of carbonyl (C=O) groups is 2. The van der Waals surface area contributed by atoms with Crippen LogP contribution in [0, 0.1) is 0 Å². The maximum absolute atomic E-state index is 12.6. The molecule has 4 rings (SSSR count). The quantitative estimate of drug-likeness (QED) is 0.775. The molecule has 2 aliphatic carbocycles. The van der Waals surface area contributed by atoms with Crippen LogP contribution in [-0.2, 0) is 4.79 Å². The van der Waals surface area contributed by atoms with Crippen LogP contribution in [0.25, 0.3) is 16.8 Å². The molecule has 0 fully saturated rings. The molecule has 0 bridgehead atoms. The molecule has 1 atom stereocenters. The van der Waals surface area contributed by atoms with Gasteiger partial charge in [-0.2, -0.15) is 5.10 Å². The second-order valence-corrected chi connectivity index (χ2v) is 5.12. The molecule has 2 aromatic rings. The van der Waals surface area contributed by atoms with Crippen LogP contribution in [0.1, 0.15) is 33.8 Å². The smallest absolute Gasteiger partial charge is 0.194 e. The van der Waals surface area contributed by atoms with Gasteiger partial charge in [0.1, 0.15) is 5.69 Å². The number of carbonyl (C=O) groups excluding carboxylic acids is 2. The number of hydrogen-bond acceptors (Lipinski definition) is 5. The first-order valence-corrected chi connectivity index (χ1v) is 6.59. The third-order valence-corrected chi connectivity index (χ3v) is 4.04. The Balaban J connectivity index is 2.08. The Kier molecular flexibility index (Phi) is 2.33. The second-order valence-electron chi connectivity index (χ2n) is 5.12. The van der Waals surface area contributed by atoms with Crippen molar-refractivity contribution >= 4 is 17.3 Å². The molecule has 0 spiro atoms. The molecule has 5 nitrogen and oxygen atoms in total. The minimum absolute atomic E-state index is 0.0934. The van der Waals surface area contributed by atoms with Crippen LogP contribution in [0.2, 0.25) is 0 Å². The molecule has 1 aromatic heterocycles. The van der Waals surface area contributed by atoms with Crippen LogP contribution in [0.15, 0.2) is 36.5 Å². The van der Waals surface area contributed by atoms with Crippen molar-refractivity contribution in [2.45, 2.75) is 12.3 Å². The third kappa shape index (κ3) is 1.51. The lowest BCUT2D eigenvalue weighted by Gasteiger charge is -2.29. The lowest BCUT2D eigenvalue weighted by Crippen LogP contribution is -2.32. The summed E-state index contributed by atoms with van der Waals surface area (Å²) < 4.78 is 0. The highest BCUT2D eigenvalue weighted by molar-refractivity contribution is 6.34. The summed E-state index contributed by atoms with van der Waals surface area (Å²) in [6.45, 7) is 0. The van der Waals surface area contributed by atoms with E-state index in [4.69, 9.17) is 0 Å². The van der Waals surface area contributed by atoms with Gasteiger partial charge in [0.15, 0.2) is 5.78 Å². The van der Waals surface area contributed by atoms with Crippen LogP contribution in [-0.4, -0.2) is 21.9 Å². The van der Waals surface area contributed by atoms with E-state index in [9.17, 15) is 14.7 Å². The zero-order valence-corrected chi connectivity index (χ0v) is 10.9. The fraction of sp³-hybridized carbons (Fsp3) is 0.125. The summed E-state index contributed by atoms with van der Waals surface area (Å²) in [6.07, 6.45) is 3.34. The topological polar surface area (TPSA) is 83.0 Å². The molecular weight excluding hydrogens is 268 g/mol. The maximum atomic E-state index is 12.6. The number of ketones is 1. The summed E-state index contributed by atoms with van der Waals surface area (Å²) in [6, 6.07) is 7.17. The van der Waals surface area contributed by atoms with Gasteiger partial charge in [-0.05, 0) is 12.0 Å². The number of fused-ring (bicyclic) bond motifs is 2. The number of hydrogen-bond donors (Lipinski definition) is 0. The van der Waals surface area contributed by atoms with Gasteiger partial charge in [-0.1, -0.05) is 30.3 Å². The summed E-state index contributed by atoms with van der Waals surface area (Å²) in [5, 5.41) is 19.3. The van der Waals surface area contributed by atoms with E-state index in [0.717, 1.165) is 0 Å². The van der Waals surface area contributed by atoms with E-state index < -0.39 is 11.9 Å². The van der Waals surface area contributed by atoms with E-state index in [1.54, 1.807) is 24.3 Å². The number of allylic oxidation sites excluding steroid dienone is 2. The predicted molar refractivity (Wildman–Crippen MR) is 72.1 cm³/mol. The van der Waals surface area contributed by atoms with Gasteiger partial charge < -0.3 is 9.90 Å². The Bertz CT molecular complexity index is 839. The van der Waals surface area contributed by atoms with Gasteiger partial charge in [-0.3, -0.25) is 4.79 Å². The molecule has 0 saturated carbocycles. The van der Waals surface area contributed by atoms with Gasteiger partial charge in [0.2, 0.25) is 0 Å². The zero-order chi connectivity index (χ0) is 14.6. The first-order chi connectivity index (χ1) is 10.2. The number of carboxylic acids is 1. The van der Waals surface area contributed by atoms with Crippen LogP contribution < -0.4 is 5.11 Å². The Hall–Kier alpha value is -2.82. The normalized spacial score (nSPS) is 18.6. The van der Waals surface area contributed by atoms with Crippen LogP contribution in [0.4, 0.5) is 0 Å². The van der Waals surface area contributed by atoms with E-state index in [2.05, 4.69) is 10.2 Å². The fourth-order valence-corrected chi connectivity index (χ4v) is 3.06. The first kappa shape index (κ1) is 12.0. The average Bonchev–Trinajstić information content (AvgIpc) is 2.51. The standard InChI is InChI=1S/C16H10N2O3/c19-15-9-4-2-1-3-8(9)14-13-11(15)6-5-10(16(20)21)12(13)7-17-18-14/h1-4,6-7,10H,5H2,(H,20,21)/p-1. The van der Waals surface area contributed by atoms with Crippen molar-refractivity contribution in [3.05, 3.63) is 53.2 Å². The van der Waals surface area contributed by atoms with E-state index in [-0.39, 0.29) is 12.2 Å². The lowest BCUT2D eigenvalue weighted by molar-refractivity contribution is -0.308. The number of Topliss-reactive ketones (excluding diaryl/α,β-unsaturated/α-hetero) is 1. The van der Waals surface area contributed by atoms with Gasteiger partial charge in [0, 0.05) is 34.2 Å². The van der Waals surface area contributed by atoms with Crippen molar-refractivity contribution in [1.82, 2.24) is 10.2 Å². The van der Waals surface area contributed by atoms with Gasteiger partial charge in [0.25, 0.3) is 0 Å². The molecule has 2 aliphatic rings. The number of nitrogens with zero attached hydrogens (tertiary/aromatic N) is 2. The Morgan fingerprint density at radius 2 is 2.00 bits per heavy atom. The molecule has 21 heavy (non-hydrogen) atoms. The summed E-state index contributed by atoms with van der Waals surface area (Å²) in [5.74, 6) is -2.04. The Morgan fingerprint density at radius 1 is 1.24 bits per heavy atom. The SMILES string of the molecule is O=C1C2=CCC(C(=O)[O-])c3cnnc(c32)-c2ccccc21. The molecule has 5 heteroatoms. The van der Waals surface area contributed by atoms with Gasteiger partial charge >= 0.3 is 0 Å². The highest BCUT2D eigenvalue weighted by atomic mass is 16.4. The monoisotopic (exact) mass is 277 g/mol. The summed E-state index contributed by atoms with van der Waals surface area (Å²) in [5.41, 5.74) is 3.47. The highest BCUT2D eigenvalue weighted by Crippen LogP contribution is 2.44. The number of benzene rings is 1. The Labute approximate surface area is 120 Å². The first-order valence-electron chi connectivity index (χ1n) is 6.59. The van der Waals surface area contributed by atoms with Gasteiger partial charge in [0.05, 0.1) is 6.20 Å². The van der Waals surface area contributed by atoms with Gasteiger partial charge in [-0.15, -0.1) is 5.10 Å². The number of rotatable bonds is 1. The van der Waals surface area contributed by atoms with Crippen LogP contribution in [0.5, 0.6) is 0 Å². The number of aliphatic carboxylic acids is 1. The molecule has 0 N–H and O–H groups in total. The third-order valence-electron chi connectivity index (χ3n) is 4.04. The van der Waals surface area contributed by atoms with E-state index in [1.165, 1.54) is 6.20 Å². The van der Waals surface area contributed by atoms with E-state index in [1.807, 2.05) is 6.07 Å². The average molecular weight is 277 g/mol. The number of aromatic nitrogens is 2. The van der Waals surface area contributed by atoms with Crippen molar-refractivity contribution in [2.24, 2.45) is 0 Å². The maximum Gasteiger partial charge on any atom is 0.194 e. The molecule has 1 heterocycles. The molecular formula is C16H9N2O3-. The molecule has 1 unspecified atom stereocenters.